The molecule has 1 aliphatic rings. The van der Waals surface area contributed by atoms with E-state index < -0.39 is 0 Å². The minimum absolute atomic E-state index is 0.0945. The number of hydrogen-bond donors (Lipinski definition) is 2. The summed E-state index contributed by atoms with van der Waals surface area (Å²) in [5, 5.41) is 2.86. The van der Waals surface area contributed by atoms with E-state index in [1.54, 1.807) is 0 Å². The molecule has 2 rings (SSSR count). The first-order valence-corrected chi connectivity index (χ1v) is 6.24. The van der Waals surface area contributed by atoms with Crippen LogP contribution in [-0.2, 0) is 11.2 Å². The van der Waals surface area contributed by atoms with Gasteiger partial charge in [-0.05, 0) is 42.0 Å². The van der Waals surface area contributed by atoms with Gasteiger partial charge in [0.25, 0.3) is 0 Å². The molecule has 0 spiro atoms. The summed E-state index contributed by atoms with van der Waals surface area (Å²) in [7, 11) is 0. The van der Waals surface area contributed by atoms with Crippen LogP contribution in [0.1, 0.15) is 37.3 Å². The van der Waals surface area contributed by atoms with Gasteiger partial charge in [-0.3, -0.25) is 4.79 Å². The Kier molecular flexibility index (Phi) is 3.48. The van der Waals surface area contributed by atoms with E-state index >= 15 is 0 Å². The molecule has 0 radical (unpaired) electrons. The van der Waals surface area contributed by atoms with Crippen LogP contribution in [0.4, 0.5) is 5.69 Å². The van der Waals surface area contributed by atoms with E-state index in [0.717, 1.165) is 17.7 Å². The highest BCUT2D eigenvalue weighted by atomic mass is 16.1. The van der Waals surface area contributed by atoms with Gasteiger partial charge in [-0.15, -0.1) is 0 Å². The van der Waals surface area contributed by atoms with Gasteiger partial charge in [-0.1, -0.05) is 26.0 Å². The molecule has 1 unspecified atom stereocenters. The number of hydrogen-bond acceptors (Lipinski definition) is 2. The van der Waals surface area contributed by atoms with Gasteiger partial charge in [-0.25, -0.2) is 0 Å². The van der Waals surface area contributed by atoms with Crippen molar-refractivity contribution in [3.63, 3.8) is 0 Å². The molecule has 0 fully saturated rings. The molecule has 1 heterocycles. The number of carbonyl (C=O) groups is 1. The number of nitrogens with two attached hydrogens (primary N) is 1. The van der Waals surface area contributed by atoms with Crippen molar-refractivity contribution in [3.8, 4) is 0 Å². The standard InChI is InChI=1S/C14H20N2O/c1-9(2)12(5-6-15)10-3-4-13-11(7-10)8-14(17)16-13/h3-4,7,9,12H,5-6,8,15H2,1-2H3,(H,16,17). The predicted octanol–water partition coefficient (Wildman–Crippen LogP) is 2.27. The second kappa shape index (κ2) is 4.88. The molecule has 1 atom stereocenters. The number of anilines is 1. The van der Waals surface area contributed by atoms with Crippen molar-refractivity contribution < 1.29 is 4.79 Å². The van der Waals surface area contributed by atoms with E-state index in [1.165, 1.54) is 5.56 Å². The molecule has 3 heteroatoms. The van der Waals surface area contributed by atoms with E-state index in [1.807, 2.05) is 6.07 Å². The topological polar surface area (TPSA) is 55.1 Å². The maximum atomic E-state index is 11.3. The third-order valence-corrected chi connectivity index (χ3v) is 3.46. The summed E-state index contributed by atoms with van der Waals surface area (Å²) >= 11 is 0. The van der Waals surface area contributed by atoms with Crippen LogP contribution in [0.15, 0.2) is 18.2 Å². The molecule has 1 aliphatic heterocycles. The maximum absolute atomic E-state index is 11.3. The molecular formula is C14H20N2O. The average Bonchev–Trinajstić information content (AvgIpc) is 2.64. The van der Waals surface area contributed by atoms with Gasteiger partial charge in [0.1, 0.15) is 0 Å². The number of fused-ring (bicyclic) bond motifs is 1. The van der Waals surface area contributed by atoms with Gasteiger partial charge in [0.15, 0.2) is 0 Å². The van der Waals surface area contributed by atoms with Crippen LogP contribution in [0.3, 0.4) is 0 Å². The fourth-order valence-corrected chi connectivity index (χ4v) is 2.54. The molecule has 3 nitrogen and oxygen atoms in total. The average molecular weight is 232 g/mol. The first-order chi connectivity index (χ1) is 8.11. The van der Waals surface area contributed by atoms with E-state index in [0.29, 0.717) is 24.8 Å². The molecule has 0 saturated heterocycles. The van der Waals surface area contributed by atoms with Crippen LogP contribution in [0.2, 0.25) is 0 Å². The zero-order chi connectivity index (χ0) is 12.4. The Bertz CT molecular complexity index is 426. The van der Waals surface area contributed by atoms with Crippen LogP contribution in [0.25, 0.3) is 0 Å². The lowest BCUT2D eigenvalue weighted by molar-refractivity contribution is -0.115. The zero-order valence-corrected chi connectivity index (χ0v) is 10.5. The van der Waals surface area contributed by atoms with Gasteiger partial charge in [0.2, 0.25) is 5.91 Å². The lowest BCUT2D eigenvalue weighted by Gasteiger charge is -2.21. The molecule has 1 amide bonds. The summed E-state index contributed by atoms with van der Waals surface area (Å²) in [5.41, 5.74) is 9.07. The lowest BCUT2D eigenvalue weighted by atomic mass is 9.85. The first-order valence-electron chi connectivity index (χ1n) is 6.24. The molecule has 1 aromatic rings. The molecule has 0 aliphatic carbocycles. The third-order valence-electron chi connectivity index (χ3n) is 3.46. The molecule has 0 aromatic heterocycles. The minimum Gasteiger partial charge on any atom is -0.330 e. The summed E-state index contributed by atoms with van der Waals surface area (Å²) < 4.78 is 0. The molecule has 17 heavy (non-hydrogen) atoms. The van der Waals surface area contributed by atoms with Gasteiger partial charge in [0, 0.05) is 5.69 Å². The van der Waals surface area contributed by atoms with Crippen LogP contribution < -0.4 is 11.1 Å². The van der Waals surface area contributed by atoms with E-state index in [9.17, 15) is 4.79 Å². The van der Waals surface area contributed by atoms with Crippen molar-refractivity contribution >= 4 is 11.6 Å². The van der Waals surface area contributed by atoms with Crippen LogP contribution in [-0.4, -0.2) is 12.5 Å². The normalized spacial score (nSPS) is 15.9. The van der Waals surface area contributed by atoms with Crippen LogP contribution >= 0.6 is 0 Å². The van der Waals surface area contributed by atoms with Crippen molar-refractivity contribution in [1.29, 1.82) is 0 Å². The summed E-state index contributed by atoms with van der Waals surface area (Å²) in [6, 6.07) is 6.29. The summed E-state index contributed by atoms with van der Waals surface area (Å²) in [4.78, 5) is 11.3. The monoisotopic (exact) mass is 232 g/mol. The van der Waals surface area contributed by atoms with Crippen molar-refractivity contribution in [2.45, 2.75) is 32.6 Å². The highest BCUT2D eigenvalue weighted by Crippen LogP contribution is 2.32. The molecule has 1 aromatic carbocycles. The lowest BCUT2D eigenvalue weighted by Crippen LogP contribution is -2.12. The molecular weight excluding hydrogens is 212 g/mol. The molecule has 0 saturated carbocycles. The fourth-order valence-electron chi connectivity index (χ4n) is 2.54. The van der Waals surface area contributed by atoms with Crippen LogP contribution in [0, 0.1) is 5.92 Å². The largest absolute Gasteiger partial charge is 0.330 e. The van der Waals surface area contributed by atoms with Gasteiger partial charge >= 0.3 is 0 Å². The number of amides is 1. The number of rotatable bonds is 4. The number of nitrogens with one attached hydrogen (secondary N) is 1. The second-order valence-corrected chi connectivity index (χ2v) is 5.07. The smallest absolute Gasteiger partial charge is 0.228 e. The molecule has 0 bridgehead atoms. The Morgan fingerprint density at radius 1 is 1.41 bits per heavy atom. The SMILES string of the molecule is CC(C)C(CCN)c1ccc2c(c1)CC(=O)N2. The summed E-state index contributed by atoms with van der Waals surface area (Å²) in [6.07, 6.45) is 1.51. The van der Waals surface area contributed by atoms with Crippen molar-refractivity contribution in [2.24, 2.45) is 11.7 Å². The third kappa shape index (κ3) is 2.50. The second-order valence-electron chi connectivity index (χ2n) is 5.07. The highest BCUT2D eigenvalue weighted by Gasteiger charge is 2.21. The summed E-state index contributed by atoms with van der Waals surface area (Å²) in [6.45, 7) is 5.14. The molecule has 3 N–H and O–H groups in total. The van der Waals surface area contributed by atoms with Crippen molar-refractivity contribution in [3.05, 3.63) is 29.3 Å². The highest BCUT2D eigenvalue weighted by molar-refractivity contribution is 5.99. The maximum Gasteiger partial charge on any atom is 0.228 e. The minimum atomic E-state index is 0.0945. The fraction of sp³-hybridized carbons (Fsp3) is 0.500. The van der Waals surface area contributed by atoms with Gasteiger partial charge in [0.05, 0.1) is 6.42 Å². The van der Waals surface area contributed by atoms with Crippen molar-refractivity contribution in [2.75, 3.05) is 11.9 Å². The van der Waals surface area contributed by atoms with E-state index in [2.05, 4.69) is 31.3 Å². The number of carbonyl (C=O) groups excluding carboxylic acids is 1. The Morgan fingerprint density at radius 3 is 2.82 bits per heavy atom. The Hall–Kier alpha value is -1.35. The molecule has 92 valence electrons. The van der Waals surface area contributed by atoms with E-state index in [-0.39, 0.29) is 5.91 Å². The van der Waals surface area contributed by atoms with Crippen LogP contribution in [0.5, 0.6) is 0 Å². The Balaban J connectivity index is 2.27. The van der Waals surface area contributed by atoms with Gasteiger partial charge in [-0.2, -0.15) is 0 Å². The zero-order valence-electron chi connectivity index (χ0n) is 10.5. The Morgan fingerprint density at radius 2 is 2.18 bits per heavy atom. The quantitative estimate of drug-likeness (QED) is 0.836. The van der Waals surface area contributed by atoms with Gasteiger partial charge < -0.3 is 11.1 Å². The summed E-state index contributed by atoms with van der Waals surface area (Å²) in [5.74, 6) is 1.15. The predicted molar refractivity (Wildman–Crippen MR) is 70.0 cm³/mol. The van der Waals surface area contributed by atoms with E-state index in [4.69, 9.17) is 5.73 Å². The first kappa shape index (κ1) is 12.1. The number of benzene rings is 1. The Labute approximate surface area is 102 Å². The van der Waals surface area contributed by atoms with Crippen molar-refractivity contribution in [1.82, 2.24) is 0 Å².